The quantitative estimate of drug-likeness (QED) is 0.419. The molecule has 0 aliphatic carbocycles. The molecule has 0 aromatic rings. The van der Waals surface area contributed by atoms with Gasteiger partial charge >= 0.3 is 0 Å². The van der Waals surface area contributed by atoms with Crippen molar-refractivity contribution in [3.63, 3.8) is 0 Å². The van der Waals surface area contributed by atoms with Gasteiger partial charge in [-0.05, 0) is 0 Å². The second-order valence-corrected chi connectivity index (χ2v) is 1.89. The van der Waals surface area contributed by atoms with Gasteiger partial charge in [0, 0.05) is 19.5 Å². The Kier molecular flexibility index (Phi) is 10.0. The molecule has 1 heteroatoms. The molecule has 0 aliphatic rings. The van der Waals surface area contributed by atoms with E-state index in [4.69, 9.17) is 0 Å². The predicted octanol–water partition coefficient (Wildman–Crippen LogP) is 2.25. The molecule has 0 amide bonds. The van der Waals surface area contributed by atoms with Crippen LogP contribution in [-0.4, -0.2) is 0 Å². The van der Waals surface area contributed by atoms with Crippen LogP contribution in [-0.2, 0) is 19.5 Å². The van der Waals surface area contributed by atoms with Gasteiger partial charge < -0.3 is 6.42 Å². The van der Waals surface area contributed by atoms with E-state index in [1.165, 1.54) is 6.42 Å². The van der Waals surface area contributed by atoms with Gasteiger partial charge in [0.25, 0.3) is 0 Å². The standard InChI is InChI=1S/C6H13.Zn/c1-4-5-6(2)3;/h5-6H,4H2,1-3H3;/q-1;. The van der Waals surface area contributed by atoms with Gasteiger partial charge in [0.2, 0.25) is 0 Å². The molecule has 0 aromatic carbocycles. The van der Waals surface area contributed by atoms with Crippen LogP contribution in [0.1, 0.15) is 27.2 Å². The van der Waals surface area contributed by atoms with Gasteiger partial charge in [0.05, 0.1) is 0 Å². The maximum atomic E-state index is 2.29. The van der Waals surface area contributed by atoms with Gasteiger partial charge in [-0.25, -0.2) is 0 Å². The zero-order valence-electron chi connectivity index (χ0n) is 5.57. The first-order valence-electron chi connectivity index (χ1n) is 2.60. The minimum Gasteiger partial charge on any atom is -0.326 e. The van der Waals surface area contributed by atoms with Crippen molar-refractivity contribution >= 4 is 0 Å². The zero-order valence-corrected chi connectivity index (χ0v) is 8.54. The Bertz CT molecular complexity index is 25.4. The molecule has 0 fully saturated rings. The number of hydrogen-bond acceptors (Lipinski definition) is 0. The third-order valence-corrected chi connectivity index (χ3v) is 0.707. The molecule has 40 valence electrons. The van der Waals surface area contributed by atoms with Gasteiger partial charge in [0.1, 0.15) is 0 Å². The van der Waals surface area contributed by atoms with Crippen LogP contribution in [0.2, 0.25) is 0 Å². The smallest absolute Gasteiger partial charge is 0 e. The molecule has 0 radical (unpaired) electrons. The monoisotopic (exact) mass is 149 g/mol. The Hall–Kier alpha value is 0.623. The maximum Gasteiger partial charge on any atom is 0 e. The molecule has 0 spiro atoms. The first-order valence-corrected chi connectivity index (χ1v) is 2.60. The fraction of sp³-hybridized carbons (Fsp3) is 0.833. The summed E-state index contributed by atoms with van der Waals surface area (Å²) in [5, 5.41) is 0. The molecule has 0 saturated carbocycles. The summed E-state index contributed by atoms with van der Waals surface area (Å²) in [4.78, 5) is 0. The molecular formula is C6H13Zn-. The molecular weight excluding hydrogens is 137 g/mol. The molecule has 0 unspecified atom stereocenters. The van der Waals surface area contributed by atoms with Gasteiger partial charge in [-0.3, -0.25) is 0 Å². The average Bonchev–Trinajstić information content (AvgIpc) is 1.35. The van der Waals surface area contributed by atoms with Crippen LogP contribution in [0.15, 0.2) is 0 Å². The topological polar surface area (TPSA) is 0 Å². The first kappa shape index (κ1) is 10.6. The van der Waals surface area contributed by atoms with E-state index in [1.807, 2.05) is 0 Å². The van der Waals surface area contributed by atoms with E-state index in [-0.39, 0.29) is 19.5 Å². The van der Waals surface area contributed by atoms with Crippen molar-refractivity contribution in [3.8, 4) is 0 Å². The van der Waals surface area contributed by atoms with Crippen molar-refractivity contribution in [2.75, 3.05) is 0 Å². The molecule has 0 N–H and O–H groups in total. The molecule has 0 aliphatic heterocycles. The number of hydrogen-bond donors (Lipinski definition) is 0. The van der Waals surface area contributed by atoms with Crippen molar-refractivity contribution in [3.05, 3.63) is 6.42 Å². The summed E-state index contributed by atoms with van der Waals surface area (Å²) in [6.45, 7) is 6.56. The summed E-state index contributed by atoms with van der Waals surface area (Å²) in [5.41, 5.74) is 0. The Labute approximate surface area is 59.4 Å². The van der Waals surface area contributed by atoms with Crippen LogP contribution in [0.4, 0.5) is 0 Å². The van der Waals surface area contributed by atoms with Crippen LogP contribution >= 0.6 is 0 Å². The fourth-order valence-electron chi connectivity index (χ4n) is 0.471. The van der Waals surface area contributed by atoms with E-state index in [9.17, 15) is 0 Å². The van der Waals surface area contributed by atoms with E-state index in [0.717, 1.165) is 5.92 Å². The van der Waals surface area contributed by atoms with Gasteiger partial charge in [-0.15, -0.1) is 0 Å². The van der Waals surface area contributed by atoms with E-state index >= 15 is 0 Å². The molecule has 0 nitrogen and oxygen atoms in total. The summed E-state index contributed by atoms with van der Waals surface area (Å²) >= 11 is 0. The summed E-state index contributed by atoms with van der Waals surface area (Å²) in [7, 11) is 0. The van der Waals surface area contributed by atoms with E-state index < -0.39 is 0 Å². The van der Waals surface area contributed by atoms with Gasteiger partial charge in [-0.1, -0.05) is 20.8 Å². The van der Waals surface area contributed by atoms with Gasteiger partial charge in [0.15, 0.2) is 0 Å². The average molecular weight is 151 g/mol. The van der Waals surface area contributed by atoms with Crippen LogP contribution in [0.5, 0.6) is 0 Å². The zero-order chi connectivity index (χ0) is 4.99. The molecule has 0 bridgehead atoms. The van der Waals surface area contributed by atoms with E-state index in [2.05, 4.69) is 27.2 Å². The minimum absolute atomic E-state index is 0. The van der Waals surface area contributed by atoms with E-state index in [0.29, 0.717) is 0 Å². The van der Waals surface area contributed by atoms with Crippen LogP contribution < -0.4 is 0 Å². The second-order valence-electron chi connectivity index (χ2n) is 1.89. The Morgan fingerprint density at radius 3 is 1.86 bits per heavy atom. The molecule has 0 saturated heterocycles. The van der Waals surface area contributed by atoms with E-state index in [1.54, 1.807) is 0 Å². The third kappa shape index (κ3) is 10.8. The summed E-state index contributed by atoms with van der Waals surface area (Å²) in [6.07, 6.45) is 3.50. The summed E-state index contributed by atoms with van der Waals surface area (Å²) in [5.74, 6) is 0.773. The summed E-state index contributed by atoms with van der Waals surface area (Å²) < 4.78 is 0. The molecule has 7 heavy (non-hydrogen) atoms. The fourth-order valence-corrected chi connectivity index (χ4v) is 0.471. The molecule has 0 heterocycles. The minimum atomic E-state index is 0. The normalized spacial score (nSPS) is 8.57. The van der Waals surface area contributed by atoms with Gasteiger partial charge in [-0.2, -0.15) is 12.3 Å². The Balaban J connectivity index is 0. The van der Waals surface area contributed by atoms with Crippen molar-refractivity contribution < 1.29 is 19.5 Å². The molecule has 0 atom stereocenters. The summed E-state index contributed by atoms with van der Waals surface area (Å²) in [6, 6.07) is 0. The Morgan fingerprint density at radius 1 is 1.43 bits per heavy atom. The molecule has 0 aromatic heterocycles. The maximum absolute atomic E-state index is 2.29. The SMILES string of the molecule is CC[CH-]C(C)C.[Zn]. The van der Waals surface area contributed by atoms with Crippen molar-refractivity contribution in [1.82, 2.24) is 0 Å². The molecule has 0 rings (SSSR count). The van der Waals surface area contributed by atoms with Crippen molar-refractivity contribution in [1.29, 1.82) is 0 Å². The third-order valence-electron chi connectivity index (χ3n) is 0.707. The largest absolute Gasteiger partial charge is 0.326 e. The van der Waals surface area contributed by atoms with Crippen LogP contribution in [0, 0.1) is 12.3 Å². The second kappa shape index (κ2) is 6.62. The van der Waals surface area contributed by atoms with Crippen LogP contribution in [0.3, 0.4) is 0 Å². The van der Waals surface area contributed by atoms with Crippen LogP contribution in [0.25, 0.3) is 0 Å². The number of rotatable bonds is 2. The Morgan fingerprint density at radius 2 is 1.86 bits per heavy atom. The first-order chi connectivity index (χ1) is 2.77. The predicted molar refractivity (Wildman–Crippen MR) is 29.4 cm³/mol. The van der Waals surface area contributed by atoms with Crippen molar-refractivity contribution in [2.45, 2.75) is 27.2 Å². The van der Waals surface area contributed by atoms with Crippen molar-refractivity contribution in [2.24, 2.45) is 5.92 Å².